The van der Waals surface area contributed by atoms with Crippen LogP contribution in [0.15, 0.2) is 46.9 Å². The molecule has 2 amide bonds. The molecule has 0 aliphatic heterocycles. The van der Waals surface area contributed by atoms with Gasteiger partial charge < -0.3 is 15.4 Å². The molecule has 2 N–H and O–H groups in total. The molecule has 0 atom stereocenters. The second-order valence-corrected chi connectivity index (χ2v) is 6.34. The number of amides is 2. The average Bonchev–Trinajstić information content (AvgIpc) is 2.55. The Hall–Kier alpha value is -2.05. The Labute approximate surface area is 153 Å². The highest BCUT2D eigenvalue weighted by Gasteiger charge is 2.08. The van der Waals surface area contributed by atoms with Gasteiger partial charge in [0, 0.05) is 9.50 Å². The smallest absolute Gasteiger partial charge is 0.258 e. The van der Waals surface area contributed by atoms with Crippen LogP contribution in [0.1, 0.15) is 5.56 Å². The van der Waals surface area contributed by atoms with Crippen LogP contribution in [-0.4, -0.2) is 25.0 Å². The first-order valence-electron chi connectivity index (χ1n) is 7.15. The largest absolute Gasteiger partial charge is 0.484 e. The number of hydrogen-bond donors (Lipinski definition) is 2. The van der Waals surface area contributed by atoms with Crippen molar-refractivity contribution in [3.8, 4) is 5.75 Å². The summed E-state index contributed by atoms with van der Waals surface area (Å²) in [6.07, 6.45) is 0. The molecule has 0 unspecified atom stereocenters. The van der Waals surface area contributed by atoms with Gasteiger partial charge in [0.2, 0.25) is 5.91 Å². The molecule has 7 heteroatoms. The Morgan fingerprint density at radius 3 is 2.50 bits per heavy atom. The van der Waals surface area contributed by atoms with Crippen LogP contribution in [0, 0.1) is 6.92 Å². The monoisotopic (exact) mass is 410 g/mol. The number of carbonyl (C=O) groups excluding carboxylic acids is 2. The molecule has 0 aliphatic rings. The molecule has 0 bridgehead atoms. The van der Waals surface area contributed by atoms with Crippen LogP contribution in [-0.2, 0) is 9.59 Å². The summed E-state index contributed by atoms with van der Waals surface area (Å²) in [5.74, 6) is -0.176. The fourth-order valence-corrected chi connectivity index (χ4v) is 2.54. The maximum Gasteiger partial charge on any atom is 0.258 e. The molecule has 126 valence electrons. The van der Waals surface area contributed by atoms with Crippen molar-refractivity contribution in [2.75, 3.05) is 18.5 Å². The number of aryl methyl sites for hydroxylation is 1. The van der Waals surface area contributed by atoms with Gasteiger partial charge in [-0.1, -0.05) is 17.7 Å². The molecule has 0 saturated heterocycles. The Morgan fingerprint density at radius 2 is 1.83 bits per heavy atom. The second kappa shape index (κ2) is 8.70. The van der Waals surface area contributed by atoms with Crippen LogP contribution in [0.3, 0.4) is 0 Å². The van der Waals surface area contributed by atoms with Crippen LogP contribution in [0.25, 0.3) is 0 Å². The lowest BCUT2D eigenvalue weighted by molar-refractivity contribution is -0.125. The second-order valence-electron chi connectivity index (χ2n) is 5.05. The van der Waals surface area contributed by atoms with Gasteiger partial charge in [-0.3, -0.25) is 9.59 Å². The van der Waals surface area contributed by atoms with E-state index >= 15 is 0 Å². The Kier molecular flexibility index (Phi) is 6.63. The van der Waals surface area contributed by atoms with Crippen molar-refractivity contribution in [3.63, 3.8) is 0 Å². The van der Waals surface area contributed by atoms with E-state index in [1.807, 2.05) is 19.1 Å². The third kappa shape index (κ3) is 5.86. The number of halogens is 2. The molecular weight excluding hydrogens is 396 g/mol. The third-order valence-electron chi connectivity index (χ3n) is 3.03. The van der Waals surface area contributed by atoms with Crippen LogP contribution >= 0.6 is 27.5 Å². The van der Waals surface area contributed by atoms with Crippen LogP contribution < -0.4 is 15.4 Å². The van der Waals surface area contributed by atoms with Gasteiger partial charge in [-0.15, -0.1) is 0 Å². The van der Waals surface area contributed by atoms with Crippen LogP contribution in [0.4, 0.5) is 5.69 Å². The van der Waals surface area contributed by atoms with Crippen molar-refractivity contribution in [2.45, 2.75) is 6.92 Å². The van der Waals surface area contributed by atoms with Crippen molar-refractivity contribution >= 4 is 45.0 Å². The fourth-order valence-electron chi connectivity index (χ4n) is 1.83. The zero-order valence-electron chi connectivity index (χ0n) is 12.9. The van der Waals surface area contributed by atoms with Gasteiger partial charge in [-0.05, 0) is 64.8 Å². The van der Waals surface area contributed by atoms with Crippen molar-refractivity contribution in [1.29, 1.82) is 0 Å². The van der Waals surface area contributed by atoms with E-state index in [-0.39, 0.29) is 25.0 Å². The van der Waals surface area contributed by atoms with Gasteiger partial charge in [-0.2, -0.15) is 0 Å². The first-order chi connectivity index (χ1) is 11.4. The summed E-state index contributed by atoms with van der Waals surface area (Å²) >= 11 is 9.14. The standard InChI is InChI=1S/C17H16BrClN2O3/c1-11-2-7-15(14(18)8-11)21-16(22)9-20-17(23)10-24-13-5-3-12(19)4-6-13/h2-8H,9-10H2,1H3,(H,20,23)(H,21,22). The molecule has 0 radical (unpaired) electrons. The number of benzene rings is 2. The number of ether oxygens (including phenoxy) is 1. The van der Waals surface area contributed by atoms with E-state index in [0.717, 1.165) is 10.0 Å². The van der Waals surface area contributed by atoms with E-state index in [2.05, 4.69) is 26.6 Å². The van der Waals surface area contributed by atoms with E-state index in [1.54, 1.807) is 30.3 Å². The van der Waals surface area contributed by atoms with E-state index in [1.165, 1.54) is 0 Å². The molecule has 0 aliphatic carbocycles. The van der Waals surface area contributed by atoms with E-state index in [9.17, 15) is 9.59 Å². The molecule has 2 rings (SSSR count). The van der Waals surface area contributed by atoms with Crippen molar-refractivity contribution in [3.05, 3.63) is 57.5 Å². The molecule has 0 spiro atoms. The predicted molar refractivity (Wildman–Crippen MR) is 97.5 cm³/mol. The number of carbonyl (C=O) groups is 2. The number of nitrogens with one attached hydrogen (secondary N) is 2. The minimum atomic E-state index is -0.386. The maximum absolute atomic E-state index is 11.9. The first kappa shape index (κ1) is 18.3. The van der Waals surface area contributed by atoms with Gasteiger partial charge in [0.15, 0.2) is 6.61 Å². The lowest BCUT2D eigenvalue weighted by atomic mass is 10.2. The summed E-state index contributed by atoms with van der Waals surface area (Å²) in [6.45, 7) is 1.64. The first-order valence-corrected chi connectivity index (χ1v) is 8.32. The number of anilines is 1. The summed E-state index contributed by atoms with van der Waals surface area (Å²) in [6, 6.07) is 12.2. The van der Waals surface area contributed by atoms with Crippen LogP contribution in [0.5, 0.6) is 5.75 Å². The molecule has 0 saturated carbocycles. The summed E-state index contributed by atoms with van der Waals surface area (Å²) in [7, 11) is 0. The SMILES string of the molecule is Cc1ccc(NC(=O)CNC(=O)COc2ccc(Cl)cc2)c(Br)c1. The van der Waals surface area contributed by atoms with Crippen LogP contribution in [0.2, 0.25) is 5.02 Å². The molecule has 0 heterocycles. The molecule has 0 fully saturated rings. The Balaban J connectivity index is 1.74. The zero-order valence-corrected chi connectivity index (χ0v) is 15.3. The summed E-state index contributed by atoms with van der Waals surface area (Å²) in [5, 5.41) is 5.80. The molecule has 2 aromatic rings. The van der Waals surface area contributed by atoms with E-state index < -0.39 is 0 Å². The molecule has 5 nitrogen and oxygen atoms in total. The lowest BCUT2D eigenvalue weighted by Crippen LogP contribution is -2.35. The molecule has 2 aromatic carbocycles. The average molecular weight is 412 g/mol. The minimum absolute atomic E-state index is 0.136. The predicted octanol–water partition coefficient (Wildman–Crippen LogP) is 3.54. The van der Waals surface area contributed by atoms with Crippen molar-refractivity contribution in [1.82, 2.24) is 5.32 Å². The summed E-state index contributed by atoms with van der Waals surface area (Å²) in [5.41, 5.74) is 1.73. The molecular formula is C17H16BrClN2O3. The highest BCUT2D eigenvalue weighted by Crippen LogP contribution is 2.23. The summed E-state index contributed by atoms with van der Waals surface area (Å²) < 4.78 is 6.08. The minimum Gasteiger partial charge on any atom is -0.484 e. The van der Waals surface area contributed by atoms with Crippen molar-refractivity contribution in [2.24, 2.45) is 0 Å². The quantitative estimate of drug-likeness (QED) is 0.764. The zero-order chi connectivity index (χ0) is 17.5. The number of hydrogen-bond acceptors (Lipinski definition) is 3. The van der Waals surface area contributed by atoms with Crippen molar-refractivity contribution < 1.29 is 14.3 Å². The fraction of sp³-hybridized carbons (Fsp3) is 0.176. The number of rotatable bonds is 6. The van der Waals surface area contributed by atoms with Gasteiger partial charge in [0.1, 0.15) is 5.75 Å². The highest BCUT2D eigenvalue weighted by atomic mass is 79.9. The maximum atomic E-state index is 11.9. The highest BCUT2D eigenvalue weighted by molar-refractivity contribution is 9.10. The van der Waals surface area contributed by atoms with Gasteiger partial charge in [-0.25, -0.2) is 0 Å². The molecule has 24 heavy (non-hydrogen) atoms. The Morgan fingerprint density at radius 1 is 1.12 bits per heavy atom. The lowest BCUT2D eigenvalue weighted by Gasteiger charge is -2.10. The summed E-state index contributed by atoms with van der Waals surface area (Å²) in [4.78, 5) is 23.6. The van der Waals surface area contributed by atoms with Gasteiger partial charge >= 0.3 is 0 Å². The molecule has 0 aromatic heterocycles. The third-order valence-corrected chi connectivity index (χ3v) is 3.94. The Bertz CT molecular complexity index is 735. The normalized spacial score (nSPS) is 10.1. The van der Waals surface area contributed by atoms with Gasteiger partial charge in [0.05, 0.1) is 12.2 Å². The topological polar surface area (TPSA) is 67.4 Å². The van der Waals surface area contributed by atoms with Gasteiger partial charge in [0.25, 0.3) is 5.91 Å². The van der Waals surface area contributed by atoms with E-state index in [0.29, 0.717) is 16.5 Å². The van der Waals surface area contributed by atoms with E-state index in [4.69, 9.17) is 16.3 Å².